The first-order valence-electron chi connectivity index (χ1n) is 10.3. The zero-order chi connectivity index (χ0) is 25.0. The molecule has 182 valence electrons. The van der Waals surface area contributed by atoms with Gasteiger partial charge in [0.1, 0.15) is 18.0 Å². The van der Waals surface area contributed by atoms with Crippen LogP contribution in [0.15, 0.2) is 71.4 Å². The molecule has 0 bridgehead atoms. The first-order chi connectivity index (χ1) is 16.7. The molecular weight excluding hydrogens is 483 g/mol. The maximum absolute atomic E-state index is 13.7. The number of rotatable bonds is 9. The van der Waals surface area contributed by atoms with E-state index in [1.165, 1.54) is 10.8 Å². The van der Waals surface area contributed by atoms with Crippen LogP contribution in [0.1, 0.15) is 16.8 Å². The number of nitrogen functional groups attached to an aromatic ring is 1. The number of ether oxygens (including phenoxy) is 1. The SMILES string of the molecule is Nc1c(-c2cc(Cc3ccc(COc4cc(F)ccc4F)cc3)no2)ccc[n+]1COP(=O)(O)O. The minimum Gasteiger partial charge on any atom is -0.486 e. The first-order valence-corrected chi connectivity index (χ1v) is 11.8. The molecule has 4 N–H and O–H groups in total. The molecule has 0 atom stereocenters. The second kappa shape index (κ2) is 10.3. The number of phosphoric acid groups is 1. The van der Waals surface area contributed by atoms with E-state index in [0.29, 0.717) is 23.4 Å². The van der Waals surface area contributed by atoms with E-state index in [9.17, 15) is 13.3 Å². The summed E-state index contributed by atoms with van der Waals surface area (Å²) in [5.74, 6) is -0.805. The number of aromatic nitrogens is 2. The number of nitrogens with two attached hydrogens (primary N) is 1. The van der Waals surface area contributed by atoms with E-state index in [1.807, 2.05) is 24.3 Å². The molecule has 35 heavy (non-hydrogen) atoms. The second-order valence-electron chi connectivity index (χ2n) is 7.56. The Hall–Kier alpha value is -3.63. The highest BCUT2D eigenvalue weighted by Crippen LogP contribution is 2.35. The summed E-state index contributed by atoms with van der Waals surface area (Å²) in [4.78, 5) is 17.8. The molecule has 0 spiro atoms. The van der Waals surface area contributed by atoms with Gasteiger partial charge in [0.05, 0.1) is 11.9 Å². The van der Waals surface area contributed by atoms with Crippen molar-refractivity contribution in [1.29, 1.82) is 0 Å². The number of anilines is 1. The van der Waals surface area contributed by atoms with Gasteiger partial charge in [0.15, 0.2) is 17.3 Å². The van der Waals surface area contributed by atoms with Gasteiger partial charge in [0.2, 0.25) is 6.73 Å². The van der Waals surface area contributed by atoms with Crippen molar-refractivity contribution in [2.45, 2.75) is 19.8 Å². The lowest BCUT2D eigenvalue weighted by molar-refractivity contribution is -0.711. The molecule has 4 aromatic rings. The number of hydrogen-bond donors (Lipinski definition) is 3. The number of pyridine rings is 1. The van der Waals surface area contributed by atoms with Crippen molar-refractivity contribution < 1.29 is 41.5 Å². The molecule has 2 aromatic heterocycles. The van der Waals surface area contributed by atoms with E-state index >= 15 is 0 Å². The lowest BCUT2D eigenvalue weighted by Gasteiger charge is -2.08. The van der Waals surface area contributed by atoms with Gasteiger partial charge in [-0.05, 0) is 35.4 Å². The summed E-state index contributed by atoms with van der Waals surface area (Å²) in [7, 11) is -4.65. The summed E-state index contributed by atoms with van der Waals surface area (Å²) in [6, 6.07) is 15.4. The highest BCUT2D eigenvalue weighted by molar-refractivity contribution is 7.46. The summed E-state index contributed by atoms with van der Waals surface area (Å²) < 4.78 is 54.5. The van der Waals surface area contributed by atoms with Crippen LogP contribution in [0.2, 0.25) is 0 Å². The molecule has 0 saturated carbocycles. The van der Waals surface area contributed by atoms with Gasteiger partial charge >= 0.3 is 7.82 Å². The van der Waals surface area contributed by atoms with Crippen molar-refractivity contribution in [3.63, 3.8) is 0 Å². The molecule has 2 heterocycles. The fraction of sp³-hybridized carbons (Fsp3) is 0.130. The number of phosphoric ester groups is 1. The topological polar surface area (TPSA) is 132 Å². The lowest BCUT2D eigenvalue weighted by Crippen LogP contribution is -2.38. The van der Waals surface area contributed by atoms with E-state index in [4.69, 9.17) is 24.8 Å². The Balaban J connectivity index is 1.40. The molecule has 0 aliphatic rings. The van der Waals surface area contributed by atoms with Crippen LogP contribution in [0.3, 0.4) is 0 Å². The third-order valence-corrected chi connectivity index (χ3v) is 5.45. The van der Waals surface area contributed by atoms with E-state index < -0.39 is 26.2 Å². The molecule has 0 amide bonds. The van der Waals surface area contributed by atoms with Crippen molar-refractivity contribution >= 4 is 13.6 Å². The van der Waals surface area contributed by atoms with Crippen LogP contribution in [0, 0.1) is 11.6 Å². The fourth-order valence-corrected chi connectivity index (χ4v) is 3.53. The monoisotopic (exact) mass is 504 g/mol. The van der Waals surface area contributed by atoms with Crippen molar-refractivity contribution in [3.05, 3.63) is 95.3 Å². The summed E-state index contributed by atoms with van der Waals surface area (Å²) in [5.41, 5.74) is 8.92. The standard InChI is InChI=1S/C23H20F2N3O6P/c24-17-7-8-20(25)22(11-17)32-13-16-5-3-15(4-6-16)10-18-12-21(34-27-18)19-2-1-9-28(23(19)26)14-33-35(29,30)31/h1-9,11-12,26H,10,13-14H2,(H2,29,30,31)/p+1. The van der Waals surface area contributed by atoms with Gasteiger partial charge in [-0.2, -0.15) is 0 Å². The van der Waals surface area contributed by atoms with Crippen molar-refractivity contribution in [1.82, 2.24) is 5.16 Å². The Morgan fingerprint density at radius 1 is 1.06 bits per heavy atom. The molecule has 4 rings (SSSR count). The predicted octanol–water partition coefficient (Wildman–Crippen LogP) is 3.73. The Morgan fingerprint density at radius 3 is 2.54 bits per heavy atom. The second-order valence-corrected chi connectivity index (χ2v) is 8.80. The van der Waals surface area contributed by atoms with Crippen LogP contribution < -0.4 is 15.0 Å². The maximum Gasteiger partial charge on any atom is 0.472 e. The molecule has 0 fully saturated rings. The van der Waals surface area contributed by atoms with Gasteiger partial charge in [0.25, 0.3) is 5.82 Å². The van der Waals surface area contributed by atoms with Gasteiger partial charge in [0, 0.05) is 18.6 Å². The highest BCUT2D eigenvalue weighted by Gasteiger charge is 2.20. The van der Waals surface area contributed by atoms with Gasteiger partial charge < -0.3 is 19.0 Å². The van der Waals surface area contributed by atoms with Crippen LogP contribution in [-0.2, 0) is 28.8 Å². The Labute approximate surface area is 198 Å². The largest absolute Gasteiger partial charge is 0.486 e. The summed E-state index contributed by atoms with van der Waals surface area (Å²) >= 11 is 0. The summed E-state index contributed by atoms with van der Waals surface area (Å²) in [5, 5.41) is 4.06. The number of benzene rings is 2. The first kappa shape index (κ1) is 24.5. The Kier molecular flexibility index (Phi) is 7.23. The Morgan fingerprint density at radius 2 is 1.80 bits per heavy atom. The lowest BCUT2D eigenvalue weighted by atomic mass is 10.1. The molecule has 2 aromatic carbocycles. The van der Waals surface area contributed by atoms with Gasteiger partial charge in [-0.3, -0.25) is 5.73 Å². The van der Waals surface area contributed by atoms with Gasteiger partial charge in [-0.1, -0.05) is 29.4 Å². The van der Waals surface area contributed by atoms with Crippen LogP contribution in [-0.4, -0.2) is 14.9 Å². The molecule has 0 unspecified atom stereocenters. The minimum atomic E-state index is -4.65. The zero-order valence-electron chi connectivity index (χ0n) is 18.2. The quantitative estimate of drug-likeness (QED) is 0.232. The molecule has 0 aliphatic heterocycles. The predicted molar refractivity (Wildman–Crippen MR) is 120 cm³/mol. The zero-order valence-corrected chi connectivity index (χ0v) is 19.1. The van der Waals surface area contributed by atoms with Crippen molar-refractivity contribution in [2.75, 3.05) is 5.73 Å². The van der Waals surface area contributed by atoms with E-state index in [0.717, 1.165) is 29.3 Å². The molecule has 0 aliphatic carbocycles. The van der Waals surface area contributed by atoms with Crippen LogP contribution in [0.4, 0.5) is 14.6 Å². The molecule has 0 saturated heterocycles. The smallest absolute Gasteiger partial charge is 0.472 e. The normalized spacial score (nSPS) is 11.5. The molecule has 0 radical (unpaired) electrons. The van der Waals surface area contributed by atoms with Crippen molar-refractivity contribution in [3.8, 4) is 17.1 Å². The number of nitrogens with zero attached hydrogens (tertiary/aromatic N) is 2. The van der Waals surface area contributed by atoms with Crippen LogP contribution in [0.25, 0.3) is 11.3 Å². The third-order valence-electron chi connectivity index (χ3n) is 5.00. The summed E-state index contributed by atoms with van der Waals surface area (Å²) in [6.07, 6.45) is 1.97. The average molecular weight is 504 g/mol. The average Bonchev–Trinajstić information content (AvgIpc) is 3.27. The number of hydrogen-bond acceptors (Lipinski definition) is 6. The van der Waals surface area contributed by atoms with E-state index in [-0.39, 0.29) is 18.2 Å². The summed E-state index contributed by atoms with van der Waals surface area (Å²) in [6.45, 7) is -0.360. The highest BCUT2D eigenvalue weighted by atomic mass is 31.2. The molecular formula is C23H21F2N3O6P+. The molecule has 9 nitrogen and oxygen atoms in total. The van der Waals surface area contributed by atoms with Crippen LogP contribution in [0.5, 0.6) is 5.75 Å². The number of halogens is 2. The van der Waals surface area contributed by atoms with Gasteiger partial charge in [-0.25, -0.2) is 22.4 Å². The van der Waals surface area contributed by atoms with E-state index in [1.54, 1.807) is 18.2 Å². The maximum atomic E-state index is 13.7. The third kappa shape index (κ3) is 6.49. The van der Waals surface area contributed by atoms with Crippen molar-refractivity contribution in [2.24, 2.45) is 0 Å². The fourth-order valence-electron chi connectivity index (χ4n) is 3.26. The molecule has 12 heteroatoms. The Bertz CT molecular complexity index is 1370. The van der Waals surface area contributed by atoms with E-state index in [2.05, 4.69) is 9.68 Å². The minimum absolute atomic E-state index is 0.0772. The van der Waals surface area contributed by atoms with Gasteiger partial charge in [-0.15, -0.1) is 0 Å². The van der Waals surface area contributed by atoms with Crippen LogP contribution >= 0.6 is 7.82 Å².